The maximum Gasteiger partial charge on any atom is 0.199 e. The first-order chi connectivity index (χ1) is 13.5. The molecule has 0 saturated carbocycles. The Labute approximate surface area is 164 Å². The molecule has 0 amide bonds. The molecule has 7 nitrogen and oxygen atoms in total. The third-order valence-corrected chi connectivity index (χ3v) is 4.11. The van der Waals surface area contributed by atoms with Gasteiger partial charge >= 0.3 is 0 Å². The van der Waals surface area contributed by atoms with Gasteiger partial charge in [-0.3, -0.25) is 4.99 Å². The van der Waals surface area contributed by atoms with Crippen LogP contribution in [0.5, 0.6) is 5.75 Å². The standard InChI is InChI=1S/C21H24N6O/c1-15-4-6-17(7-5-15)11-23-13-24-21(22)26-18-8-9-19(20(10-18)28-3)27-12-16(2)25-14-27/h4-10,12-14H,11H2,1-3H3,(H3,22,23,24,26). The fraction of sp³-hybridized carbons (Fsp3) is 0.190. The minimum atomic E-state index is 0.251. The van der Waals surface area contributed by atoms with E-state index < -0.39 is 0 Å². The molecule has 0 fully saturated rings. The highest BCUT2D eigenvalue weighted by atomic mass is 16.5. The Bertz CT molecular complexity index is 988. The summed E-state index contributed by atoms with van der Waals surface area (Å²) in [5.74, 6) is 0.948. The number of imidazole rings is 1. The minimum Gasteiger partial charge on any atom is -0.494 e. The van der Waals surface area contributed by atoms with Crippen LogP contribution in [0, 0.1) is 13.8 Å². The number of hydrogen-bond acceptors (Lipinski definition) is 3. The van der Waals surface area contributed by atoms with Crippen LogP contribution in [0.15, 0.2) is 65.0 Å². The van der Waals surface area contributed by atoms with E-state index in [9.17, 15) is 0 Å². The molecule has 0 aliphatic rings. The summed E-state index contributed by atoms with van der Waals surface area (Å²) in [7, 11) is 1.63. The highest BCUT2D eigenvalue weighted by molar-refractivity contribution is 5.96. The van der Waals surface area contributed by atoms with Crippen molar-refractivity contribution in [1.82, 2.24) is 9.55 Å². The number of aliphatic imine (C=N–C) groups is 2. The number of anilines is 1. The first-order valence-corrected chi connectivity index (χ1v) is 8.88. The Morgan fingerprint density at radius 1 is 1.21 bits per heavy atom. The lowest BCUT2D eigenvalue weighted by Gasteiger charge is -2.12. The molecule has 2 aromatic carbocycles. The van der Waals surface area contributed by atoms with Gasteiger partial charge in [0.2, 0.25) is 0 Å². The van der Waals surface area contributed by atoms with Crippen LogP contribution in [0.25, 0.3) is 5.69 Å². The highest BCUT2D eigenvalue weighted by Crippen LogP contribution is 2.26. The Balaban J connectivity index is 1.64. The molecule has 0 spiro atoms. The summed E-state index contributed by atoms with van der Waals surface area (Å²) in [5, 5.41) is 3.04. The predicted octanol–water partition coefficient (Wildman–Crippen LogP) is 3.45. The van der Waals surface area contributed by atoms with Crippen LogP contribution in [-0.2, 0) is 6.54 Å². The lowest BCUT2D eigenvalue weighted by Crippen LogP contribution is -2.22. The predicted molar refractivity (Wildman–Crippen MR) is 113 cm³/mol. The third-order valence-electron chi connectivity index (χ3n) is 4.11. The van der Waals surface area contributed by atoms with E-state index in [1.807, 2.05) is 48.0 Å². The second-order valence-corrected chi connectivity index (χ2v) is 6.39. The van der Waals surface area contributed by atoms with Crippen LogP contribution in [0.4, 0.5) is 5.69 Å². The number of benzene rings is 2. The van der Waals surface area contributed by atoms with Gasteiger partial charge in [0.15, 0.2) is 5.96 Å². The van der Waals surface area contributed by atoms with Gasteiger partial charge in [0.1, 0.15) is 12.1 Å². The van der Waals surface area contributed by atoms with Crippen molar-refractivity contribution in [3.8, 4) is 11.4 Å². The molecule has 1 heterocycles. The summed E-state index contributed by atoms with van der Waals surface area (Å²) >= 11 is 0. The second kappa shape index (κ2) is 8.85. The van der Waals surface area contributed by atoms with E-state index in [1.54, 1.807) is 13.4 Å². The molecule has 3 N–H and O–H groups in total. The topological polar surface area (TPSA) is 89.8 Å². The van der Waals surface area contributed by atoms with Gasteiger partial charge in [-0.1, -0.05) is 29.8 Å². The van der Waals surface area contributed by atoms with Gasteiger partial charge in [-0.15, -0.1) is 0 Å². The third kappa shape index (κ3) is 4.97. The Morgan fingerprint density at radius 3 is 2.68 bits per heavy atom. The normalized spacial score (nSPS) is 11.8. The zero-order valence-electron chi connectivity index (χ0n) is 16.3. The molecule has 0 aliphatic heterocycles. The van der Waals surface area contributed by atoms with Gasteiger partial charge in [0.25, 0.3) is 0 Å². The van der Waals surface area contributed by atoms with Crippen molar-refractivity contribution >= 4 is 18.0 Å². The molecule has 3 aromatic rings. The van der Waals surface area contributed by atoms with Crippen LogP contribution >= 0.6 is 0 Å². The van der Waals surface area contributed by atoms with Crippen molar-refractivity contribution < 1.29 is 4.74 Å². The summed E-state index contributed by atoms with van der Waals surface area (Å²) < 4.78 is 7.40. The summed E-state index contributed by atoms with van der Waals surface area (Å²) in [6.07, 6.45) is 5.15. The van der Waals surface area contributed by atoms with Crippen LogP contribution < -0.4 is 15.8 Å². The highest BCUT2D eigenvalue weighted by Gasteiger charge is 2.07. The van der Waals surface area contributed by atoms with Crippen LogP contribution in [0.2, 0.25) is 0 Å². The zero-order valence-corrected chi connectivity index (χ0v) is 16.3. The van der Waals surface area contributed by atoms with Gasteiger partial charge in [-0.05, 0) is 31.5 Å². The maximum absolute atomic E-state index is 5.94. The van der Waals surface area contributed by atoms with Gasteiger partial charge in [0, 0.05) is 18.0 Å². The van der Waals surface area contributed by atoms with Gasteiger partial charge in [0.05, 0.1) is 31.4 Å². The molecule has 0 atom stereocenters. The maximum atomic E-state index is 5.94. The first kappa shape index (κ1) is 19.2. The van der Waals surface area contributed by atoms with Crippen LogP contribution in [0.3, 0.4) is 0 Å². The summed E-state index contributed by atoms with van der Waals surface area (Å²) in [6, 6.07) is 13.9. The first-order valence-electron chi connectivity index (χ1n) is 8.88. The number of guanidine groups is 1. The van der Waals surface area contributed by atoms with Crippen molar-refractivity contribution in [2.45, 2.75) is 20.4 Å². The average Bonchev–Trinajstić information content (AvgIpc) is 3.12. The number of nitrogens with one attached hydrogen (secondary N) is 1. The summed E-state index contributed by atoms with van der Waals surface area (Å²) in [6.45, 7) is 4.56. The lowest BCUT2D eigenvalue weighted by atomic mass is 10.1. The summed E-state index contributed by atoms with van der Waals surface area (Å²) in [4.78, 5) is 12.6. The molecular weight excluding hydrogens is 352 g/mol. The molecule has 0 unspecified atom stereocenters. The molecule has 28 heavy (non-hydrogen) atoms. The van der Waals surface area contributed by atoms with Crippen molar-refractivity contribution in [2.75, 3.05) is 12.4 Å². The molecule has 0 saturated heterocycles. The minimum absolute atomic E-state index is 0.251. The number of hydrogen-bond donors (Lipinski definition) is 2. The van der Waals surface area contributed by atoms with Crippen LogP contribution in [0.1, 0.15) is 16.8 Å². The number of methoxy groups -OCH3 is 1. The number of nitrogens with two attached hydrogens (primary N) is 1. The van der Waals surface area contributed by atoms with Crippen molar-refractivity contribution in [1.29, 1.82) is 0 Å². The molecule has 7 heteroatoms. The smallest absolute Gasteiger partial charge is 0.199 e. The molecule has 1 aromatic heterocycles. The Morgan fingerprint density at radius 2 is 2.00 bits per heavy atom. The molecule has 0 bridgehead atoms. The molecular formula is C21H24N6O. The Hall–Kier alpha value is -3.61. The number of rotatable bonds is 6. The van der Waals surface area contributed by atoms with E-state index in [-0.39, 0.29) is 5.96 Å². The van der Waals surface area contributed by atoms with Crippen molar-refractivity contribution in [2.24, 2.45) is 15.7 Å². The largest absolute Gasteiger partial charge is 0.494 e. The zero-order chi connectivity index (χ0) is 19.9. The van der Waals surface area contributed by atoms with E-state index in [4.69, 9.17) is 10.5 Å². The van der Waals surface area contributed by atoms with Gasteiger partial charge < -0.3 is 20.4 Å². The van der Waals surface area contributed by atoms with Crippen LogP contribution in [-0.4, -0.2) is 29.0 Å². The van der Waals surface area contributed by atoms with Crippen molar-refractivity contribution in [3.05, 3.63) is 71.8 Å². The fourth-order valence-corrected chi connectivity index (χ4v) is 2.64. The summed E-state index contributed by atoms with van der Waals surface area (Å²) in [5.41, 5.74) is 10.9. The second-order valence-electron chi connectivity index (χ2n) is 6.39. The van der Waals surface area contributed by atoms with Gasteiger partial charge in [-0.25, -0.2) is 9.98 Å². The van der Waals surface area contributed by atoms with E-state index in [0.29, 0.717) is 12.3 Å². The van der Waals surface area contributed by atoms with E-state index >= 15 is 0 Å². The van der Waals surface area contributed by atoms with Crippen molar-refractivity contribution in [3.63, 3.8) is 0 Å². The monoisotopic (exact) mass is 376 g/mol. The van der Waals surface area contributed by atoms with E-state index in [0.717, 1.165) is 22.6 Å². The number of aromatic nitrogens is 2. The average molecular weight is 376 g/mol. The van der Waals surface area contributed by atoms with E-state index in [1.165, 1.54) is 11.9 Å². The molecule has 0 radical (unpaired) electrons. The molecule has 144 valence electrons. The molecule has 0 aliphatic carbocycles. The number of nitrogens with zero attached hydrogens (tertiary/aromatic N) is 4. The lowest BCUT2D eigenvalue weighted by molar-refractivity contribution is 0.413. The van der Waals surface area contributed by atoms with Gasteiger partial charge in [-0.2, -0.15) is 0 Å². The quantitative estimate of drug-likeness (QED) is 0.509. The number of ether oxygens (including phenoxy) is 1. The molecule has 3 rings (SSSR count). The Kier molecular flexibility index (Phi) is 6.06. The van der Waals surface area contributed by atoms with E-state index in [2.05, 4.69) is 39.3 Å². The number of aryl methyl sites for hydroxylation is 2. The fourth-order valence-electron chi connectivity index (χ4n) is 2.64. The SMILES string of the molecule is COc1cc(NC(N)=NC=NCc2ccc(C)cc2)ccc1-n1cnc(C)c1.